The summed E-state index contributed by atoms with van der Waals surface area (Å²) in [4.78, 5) is 8.36. The van der Waals surface area contributed by atoms with Crippen LogP contribution in [0.3, 0.4) is 0 Å². The maximum atomic E-state index is 5.94. The highest BCUT2D eigenvalue weighted by atomic mass is 35.5. The Labute approximate surface area is 93.7 Å². The highest BCUT2D eigenvalue weighted by molar-refractivity contribution is 7.98. The van der Waals surface area contributed by atoms with Gasteiger partial charge in [0.25, 0.3) is 0 Å². The first-order valence-electron chi connectivity index (χ1n) is 4.38. The van der Waals surface area contributed by atoms with Crippen molar-refractivity contribution in [3.63, 3.8) is 0 Å². The number of halogens is 1. The number of hydrogen-bond acceptors (Lipinski definition) is 4. The Hall–Kier alpha value is -0.480. The summed E-state index contributed by atoms with van der Waals surface area (Å²) in [6, 6.07) is 0. The van der Waals surface area contributed by atoms with E-state index in [-0.39, 0.29) is 0 Å². The van der Waals surface area contributed by atoms with Crippen LogP contribution in [0.2, 0.25) is 5.15 Å². The molecule has 0 spiro atoms. The normalized spacial score (nSPS) is 10.3. The maximum absolute atomic E-state index is 5.94. The molecule has 14 heavy (non-hydrogen) atoms. The van der Waals surface area contributed by atoms with Crippen molar-refractivity contribution in [1.29, 1.82) is 0 Å². The van der Waals surface area contributed by atoms with Crippen molar-refractivity contribution in [2.75, 3.05) is 23.9 Å². The highest BCUT2D eigenvalue weighted by Crippen LogP contribution is 2.19. The molecule has 3 nitrogen and oxygen atoms in total. The minimum absolute atomic E-state index is 0.532. The van der Waals surface area contributed by atoms with Gasteiger partial charge in [0.2, 0.25) is 0 Å². The lowest BCUT2D eigenvalue weighted by molar-refractivity contribution is 1.02. The van der Waals surface area contributed by atoms with Crippen LogP contribution >= 0.6 is 23.4 Å². The van der Waals surface area contributed by atoms with Crippen molar-refractivity contribution in [1.82, 2.24) is 9.97 Å². The number of rotatable bonds is 4. The Bertz CT molecular complexity index is 317. The van der Waals surface area contributed by atoms with E-state index in [9.17, 15) is 0 Å². The lowest BCUT2D eigenvalue weighted by atomic mass is 10.3. The molecule has 0 bridgehead atoms. The van der Waals surface area contributed by atoms with Crippen LogP contribution in [0.25, 0.3) is 0 Å². The van der Waals surface area contributed by atoms with Gasteiger partial charge < -0.3 is 5.32 Å². The minimum Gasteiger partial charge on any atom is -0.369 e. The summed E-state index contributed by atoms with van der Waals surface area (Å²) < 4.78 is 0. The van der Waals surface area contributed by atoms with E-state index >= 15 is 0 Å². The van der Waals surface area contributed by atoms with Crippen molar-refractivity contribution >= 4 is 29.2 Å². The minimum atomic E-state index is 0.532. The van der Waals surface area contributed by atoms with E-state index in [1.807, 2.05) is 13.8 Å². The summed E-state index contributed by atoms with van der Waals surface area (Å²) in [5.41, 5.74) is 0.915. The fraction of sp³-hybridized carbons (Fsp3) is 0.556. The van der Waals surface area contributed by atoms with Crippen LogP contribution in [-0.4, -0.2) is 28.5 Å². The van der Waals surface area contributed by atoms with E-state index in [4.69, 9.17) is 11.6 Å². The van der Waals surface area contributed by atoms with Gasteiger partial charge >= 0.3 is 0 Å². The molecule has 0 radical (unpaired) electrons. The van der Waals surface area contributed by atoms with Crippen LogP contribution in [-0.2, 0) is 0 Å². The number of nitrogens with zero attached hydrogens (tertiary/aromatic N) is 2. The average molecular weight is 232 g/mol. The van der Waals surface area contributed by atoms with Crippen LogP contribution in [0, 0.1) is 13.8 Å². The Balaban J connectivity index is 2.75. The molecule has 1 rings (SSSR count). The van der Waals surface area contributed by atoms with Crippen LogP contribution in [0.5, 0.6) is 0 Å². The predicted octanol–water partition coefficient (Wildman–Crippen LogP) is 2.52. The standard InChI is InChI=1S/C9H14ClN3S/c1-6-8(10)12-7(2)13-9(6)11-4-5-14-3/h4-5H2,1-3H3,(H,11,12,13). The molecule has 0 fully saturated rings. The number of aromatic nitrogens is 2. The van der Waals surface area contributed by atoms with Crippen molar-refractivity contribution in [3.8, 4) is 0 Å². The van der Waals surface area contributed by atoms with E-state index in [0.29, 0.717) is 11.0 Å². The molecule has 0 amide bonds. The molecule has 1 aromatic rings. The SMILES string of the molecule is CSCCNc1nc(C)nc(Cl)c1C. The Morgan fingerprint density at radius 1 is 1.36 bits per heavy atom. The number of nitrogens with one attached hydrogen (secondary N) is 1. The molecule has 0 aromatic carbocycles. The number of hydrogen-bond donors (Lipinski definition) is 1. The highest BCUT2D eigenvalue weighted by Gasteiger charge is 2.05. The largest absolute Gasteiger partial charge is 0.369 e. The second-order valence-electron chi connectivity index (χ2n) is 2.95. The van der Waals surface area contributed by atoms with E-state index in [1.165, 1.54) is 0 Å². The van der Waals surface area contributed by atoms with Gasteiger partial charge in [-0.05, 0) is 20.1 Å². The van der Waals surface area contributed by atoms with Crippen molar-refractivity contribution in [2.45, 2.75) is 13.8 Å². The van der Waals surface area contributed by atoms with Crippen molar-refractivity contribution < 1.29 is 0 Å². The monoisotopic (exact) mass is 231 g/mol. The second-order valence-corrected chi connectivity index (χ2v) is 4.30. The summed E-state index contributed by atoms with van der Waals surface area (Å²) in [5, 5.41) is 3.77. The summed E-state index contributed by atoms with van der Waals surface area (Å²) in [6.45, 7) is 4.66. The third kappa shape index (κ3) is 3.03. The van der Waals surface area contributed by atoms with Gasteiger partial charge in [0.1, 0.15) is 16.8 Å². The topological polar surface area (TPSA) is 37.8 Å². The van der Waals surface area contributed by atoms with Crippen molar-refractivity contribution in [2.24, 2.45) is 0 Å². The third-order valence-electron chi connectivity index (χ3n) is 1.80. The smallest absolute Gasteiger partial charge is 0.137 e. The lowest BCUT2D eigenvalue weighted by Gasteiger charge is -2.09. The van der Waals surface area contributed by atoms with Crippen LogP contribution in [0.15, 0.2) is 0 Å². The molecule has 0 saturated heterocycles. The van der Waals surface area contributed by atoms with Gasteiger partial charge in [-0.3, -0.25) is 0 Å². The molecule has 0 aliphatic rings. The molecular weight excluding hydrogens is 218 g/mol. The van der Waals surface area contributed by atoms with Gasteiger partial charge in [-0.2, -0.15) is 11.8 Å². The van der Waals surface area contributed by atoms with Crippen LogP contribution < -0.4 is 5.32 Å². The first-order valence-corrected chi connectivity index (χ1v) is 6.16. The molecule has 5 heteroatoms. The summed E-state index contributed by atoms with van der Waals surface area (Å²) in [6.07, 6.45) is 2.08. The Kier molecular flexibility index (Phi) is 4.48. The van der Waals surface area contributed by atoms with Gasteiger partial charge in [-0.25, -0.2) is 9.97 Å². The molecule has 1 heterocycles. The lowest BCUT2D eigenvalue weighted by Crippen LogP contribution is -2.08. The van der Waals surface area contributed by atoms with Gasteiger partial charge in [0, 0.05) is 17.9 Å². The first kappa shape index (κ1) is 11.6. The van der Waals surface area contributed by atoms with Gasteiger partial charge in [0.15, 0.2) is 0 Å². The second kappa shape index (κ2) is 5.41. The van der Waals surface area contributed by atoms with Gasteiger partial charge in [-0.15, -0.1) is 0 Å². The van der Waals surface area contributed by atoms with Crippen LogP contribution in [0.4, 0.5) is 5.82 Å². The molecule has 0 unspecified atom stereocenters. The predicted molar refractivity (Wildman–Crippen MR) is 63.4 cm³/mol. The molecule has 0 saturated carbocycles. The molecule has 1 N–H and O–H groups in total. The summed E-state index contributed by atoms with van der Waals surface area (Å²) in [5.74, 6) is 2.60. The summed E-state index contributed by atoms with van der Waals surface area (Å²) in [7, 11) is 0. The van der Waals surface area contributed by atoms with Gasteiger partial charge in [-0.1, -0.05) is 11.6 Å². The number of thioether (sulfide) groups is 1. The summed E-state index contributed by atoms with van der Waals surface area (Å²) >= 11 is 7.73. The zero-order valence-corrected chi connectivity index (χ0v) is 10.2. The maximum Gasteiger partial charge on any atom is 0.137 e. The molecular formula is C9H14ClN3S. The fourth-order valence-corrected chi connectivity index (χ4v) is 1.56. The third-order valence-corrected chi connectivity index (χ3v) is 2.78. The Morgan fingerprint density at radius 2 is 2.07 bits per heavy atom. The number of aryl methyl sites for hydroxylation is 1. The molecule has 78 valence electrons. The van der Waals surface area contributed by atoms with Crippen LogP contribution in [0.1, 0.15) is 11.4 Å². The quantitative estimate of drug-likeness (QED) is 0.639. The first-order chi connectivity index (χ1) is 6.65. The number of anilines is 1. The van der Waals surface area contributed by atoms with E-state index in [0.717, 1.165) is 23.7 Å². The fourth-order valence-electron chi connectivity index (χ4n) is 1.04. The molecule has 0 aliphatic carbocycles. The van der Waals surface area contributed by atoms with Crippen molar-refractivity contribution in [3.05, 3.63) is 16.5 Å². The van der Waals surface area contributed by atoms with E-state index in [2.05, 4.69) is 21.5 Å². The van der Waals surface area contributed by atoms with Gasteiger partial charge in [0.05, 0.1) is 0 Å². The van der Waals surface area contributed by atoms with E-state index < -0.39 is 0 Å². The van der Waals surface area contributed by atoms with E-state index in [1.54, 1.807) is 11.8 Å². The molecule has 0 atom stereocenters. The molecule has 0 aliphatic heterocycles. The average Bonchev–Trinajstić information content (AvgIpc) is 2.13. The zero-order valence-electron chi connectivity index (χ0n) is 8.59. The molecule has 1 aromatic heterocycles. The Morgan fingerprint density at radius 3 is 2.71 bits per heavy atom. The zero-order chi connectivity index (χ0) is 10.6.